The number of ether oxygens (including phenoxy) is 3. The van der Waals surface area contributed by atoms with E-state index in [0.29, 0.717) is 18.4 Å². The lowest BCUT2D eigenvalue weighted by molar-refractivity contribution is -0.296. The molecule has 1 aromatic heterocycles. The fourth-order valence-electron chi connectivity index (χ4n) is 4.74. The van der Waals surface area contributed by atoms with Crippen molar-refractivity contribution in [3.05, 3.63) is 54.6 Å². The molecule has 2 aliphatic rings. The Morgan fingerprint density at radius 2 is 2.07 bits per heavy atom. The third kappa shape index (κ3) is 3.42. The summed E-state index contributed by atoms with van der Waals surface area (Å²) in [4.78, 5) is 4.03. The largest absolute Gasteiger partial charge is 0.464 e. The van der Waals surface area contributed by atoms with E-state index >= 15 is 0 Å². The minimum absolute atomic E-state index is 0.0340. The quantitative estimate of drug-likeness (QED) is 0.748. The topological polar surface area (TPSA) is 45.5 Å². The normalized spacial score (nSPS) is 31.6. The molecule has 4 atom stereocenters. The van der Waals surface area contributed by atoms with Gasteiger partial charge in [-0.1, -0.05) is 37.3 Å². The third-order valence-electron chi connectivity index (χ3n) is 6.08. The first kappa shape index (κ1) is 18.6. The molecule has 0 spiro atoms. The van der Waals surface area contributed by atoms with E-state index in [2.05, 4.69) is 37.9 Å². The Kier molecular flexibility index (Phi) is 4.82. The molecule has 0 radical (unpaired) electrons. The van der Waals surface area contributed by atoms with Gasteiger partial charge in [0.15, 0.2) is 0 Å². The number of benzene rings is 1. The number of rotatable bonds is 4. The molecule has 4 rings (SSSR count). The van der Waals surface area contributed by atoms with E-state index in [-0.39, 0.29) is 29.1 Å². The zero-order chi connectivity index (χ0) is 19.1. The number of nitrogens with zero attached hydrogens (tertiary/aromatic N) is 2. The molecule has 2 heterocycles. The van der Waals surface area contributed by atoms with Crippen molar-refractivity contribution in [2.45, 2.75) is 51.6 Å². The maximum atomic E-state index is 6.28. The van der Waals surface area contributed by atoms with E-state index in [9.17, 15) is 0 Å². The predicted molar refractivity (Wildman–Crippen MR) is 106 cm³/mol. The highest BCUT2D eigenvalue weighted by Crippen LogP contribution is 2.59. The number of imidazole rings is 1. The highest BCUT2D eigenvalue weighted by molar-refractivity contribution is 7.80. The second kappa shape index (κ2) is 7.00. The van der Waals surface area contributed by atoms with Gasteiger partial charge in [-0.3, -0.25) is 4.57 Å². The van der Waals surface area contributed by atoms with Gasteiger partial charge < -0.3 is 14.2 Å². The molecule has 1 saturated heterocycles. The monoisotopic (exact) mass is 386 g/mol. The van der Waals surface area contributed by atoms with Gasteiger partial charge >= 0.3 is 0 Å². The molecule has 6 heteroatoms. The van der Waals surface area contributed by atoms with E-state index in [0.717, 1.165) is 6.42 Å². The average Bonchev–Trinajstić information content (AvgIpc) is 3.16. The molecule has 0 amide bonds. The van der Waals surface area contributed by atoms with Crippen molar-refractivity contribution in [3.8, 4) is 0 Å². The summed E-state index contributed by atoms with van der Waals surface area (Å²) in [7, 11) is 0. The number of fused-ring (bicyclic) bond motifs is 1. The smallest absolute Gasteiger partial charge is 0.269 e. The van der Waals surface area contributed by atoms with Crippen LogP contribution < -0.4 is 0 Å². The maximum Gasteiger partial charge on any atom is 0.269 e. The minimum atomic E-state index is -0.259. The standard InChI is InChI=1S/C21H26N2O3S/c1-20(2)18-16(24-12-15-7-5-4-6-8-15)11-21(18,3)17(13-25-20)26-19(27)23-10-9-22-14-23/h4-10,14,16-18H,11-13H2,1-3H3/t16-,17+,18-,21+/m0/s1. The second-order valence-electron chi connectivity index (χ2n) is 8.28. The van der Waals surface area contributed by atoms with Crippen LogP contribution >= 0.6 is 12.2 Å². The highest BCUT2D eigenvalue weighted by atomic mass is 32.1. The van der Waals surface area contributed by atoms with Crippen LogP contribution in [0.25, 0.3) is 0 Å². The van der Waals surface area contributed by atoms with Crippen molar-refractivity contribution < 1.29 is 14.2 Å². The Labute approximate surface area is 165 Å². The molecular formula is C21H26N2O3S. The Bertz CT molecular complexity index is 793. The van der Waals surface area contributed by atoms with Crippen molar-refractivity contribution in [1.82, 2.24) is 9.55 Å². The summed E-state index contributed by atoms with van der Waals surface area (Å²) in [6.07, 6.45) is 6.14. The van der Waals surface area contributed by atoms with Crippen LogP contribution in [-0.4, -0.2) is 39.1 Å². The van der Waals surface area contributed by atoms with Gasteiger partial charge in [0.05, 0.1) is 24.9 Å². The zero-order valence-corrected chi connectivity index (χ0v) is 16.8. The van der Waals surface area contributed by atoms with Crippen molar-refractivity contribution in [1.29, 1.82) is 0 Å². The van der Waals surface area contributed by atoms with Gasteiger partial charge in [-0.2, -0.15) is 0 Å². The molecule has 27 heavy (non-hydrogen) atoms. The number of hydrogen-bond donors (Lipinski definition) is 0. The fourth-order valence-corrected chi connectivity index (χ4v) is 4.96. The van der Waals surface area contributed by atoms with Gasteiger partial charge in [0.1, 0.15) is 12.4 Å². The summed E-state index contributed by atoms with van der Waals surface area (Å²) in [5, 5.41) is 0.412. The first-order valence-corrected chi connectivity index (χ1v) is 9.79. The number of hydrogen-bond acceptors (Lipinski definition) is 5. The highest BCUT2D eigenvalue weighted by Gasteiger charge is 2.65. The lowest BCUT2D eigenvalue weighted by Crippen LogP contribution is -2.70. The Balaban J connectivity index is 1.45. The van der Waals surface area contributed by atoms with Crippen LogP contribution in [0.15, 0.2) is 49.1 Å². The molecule has 0 bridgehead atoms. The Hall–Kier alpha value is -1.76. The average molecular weight is 387 g/mol. The molecule has 2 fully saturated rings. The molecule has 1 aliphatic carbocycles. The van der Waals surface area contributed by atoms with Gasteiger partial charge in [0.25, 0.3) is 5.17 Å². The first-order chi connectivity index (χ1) is 12.9. The summed E-state index contributed by atoms with van der Waals surface area (Å²) in [6, 6.07) is 10.3. The van der Waals surface area contributed by atoms with Gasteiger partial charge in [-0.25, -0.2) is 4.98 Å². The lowest BCUT2D eigenvalue weighted by atomic mass is 9.50. The lowest BCUT2D eigenvalue weighted by Gasteiger charge is -2.64. The summed E-state index contributed by atoms with van der Waals surface area (Å²) >= 11 is 5.44. The van der Waals surface area contributed by atoms with Gasteiger partial charge in [0, 0.05) is 23.7 Å². The van der Waals surface area contributed by atoms with Crippen molar-refractivity contribution in [3.63, 3.8) is 0 Å². The van der Waals surface area contributed by atoms with E-state index < -0.39 is 0 Å². The fraction of sp³-hybridized carbons (Fsp3) is 0.524. The summed E-state index contributed by atoms with van der Waals surface area (Å²) in [5.41, 5.74) is 0.896. The Morgan fingerprint density at radius 3 is 2.78 bits per heavy atom. The molecule has 2 aromatic rings. The number of aromatic nitrogens is 2. The minimum Gasteiger partial charge on any atom is -0.464 e. The molecule has 1 aliphatic heterocycles. The molecule has 144 valence electrons. The first-order valence-electron chi connectivity index (χ1n) is 9.38. The number of thiocarbonyl (C=S) groups is 1. The summed E-state index contributed by atoms with van der Waals surface area (Å²) in [5.74, 6) is 0.248. The molecule has 5 nitrogen and oxygen atoms in total. The van der Waals surface area contributed by atoms with Crippen molar-refractivity contribution >= 4 is 17.4 Å². The third-order valence-corrected chi connectivity index (χ3v) is 6.39. The van der Waals surface area contributed by atoms with E-state index in [1.807, 2.05) is 18.2 Å². The van der Waals surface area contributed by atoms with Crippen LogP contribution in [0.3, 0.4) is 0 Å². The summed E-state index contributed by atoms with van der Waals surface area (Å²) < 4.78 is 20.3. The second-order valence-corrected chi connectivity index (χ2v) is 8.63. The van der Waals surface area contributed by atoms with Crippen LogP contribution in [0.4, 0.5) is 0 Å². The van der Waals surface area contributed by atoms with Crippen LogP contribution in [0.1, 0.15) is 32.8 Å². The predicted octanol–water partition coefficient (Wildman–Crippen LogP) is 3.82. The van der Waals surface area contributed by atoms with Crippen molar-refractivity contribution in [2.24, 2.45) is 11.3 Å². The Morgan fingerprint density at radius 1 is 1.30 bits per heavy atom. The van der Waals surface area contributed by atoms with Gasteiger partial charge in [0.2, 0.25) is 0 Å². The van der Waals surface area contributed by atoms with E-state index in [1.165, 1.54) is 5.56 Å². The maximum absolute atomic E-state index is 6.28. The van der Waals surface area contributed by atoms with Gasteiger partial charge in [-0.05, 0) is 38.0 Å². The molecular weight excluding hydrogens is 360 g/mol. The van der Waals surface area contributed by atoms with E-state index in [4.69, 9.17) is 26.4 Å². The van der Waals surface area contributed by atoms with Crippen molar-refractivity contribution in [2.75, 3.05) is 6.61 Å². The van der Waals surface area contributed by atoms with E-state index in [1.54, 1.807) is 23.3 Å². The van der Waals surface area contributed by atoms with Gasteiger partial charge in [-0.15, -0.1) is 0 Å². The molecule has 0 N–H and O–H groups in total. The van der Waals surface area contributed by atoms with Crippen LogP contribution in [0, 0.1) is 11.3 Å². The zero-order valence-electron chi connectivity index (χ0n) is 16.0. The summed E-state index contributed by atoms with van der Waals surface area (Å²) in [6.45, 7) is 7.72. The molecule has 1 aromatic carbocycles. The van der Waals surface area contributed by atoms with Crippen LogP contribution in [0.5, 0.6) is 0 Å². The molecule has 0 unspecified atom stereocenters. The van der Waals surface area contributed by atoms with Crippen LogP contribution in [-0.2, 0) is 20.8 Å². The SMILES string of the molecule is CC1(C)OC[C@@H](OC(=S)n2ccnc2)[C@@]2(C)C[C@H](OCc3ccccc3)[C@@H]12. The molecule has 1 saturated carbocycles. The van der Waals surface area contributed by atoms with Crippen LogP contribution in [0.2, 0.25) is 0 Å².